The second-order valence-corrected chi connectivity index (χ2v) is 5.24. The van der Waals surface area contributed by atoms with E-state index in [1.165, 1.54) is 0 Å². The van der Waals surface area contributed by atoms with Crippen molar-refractivity contribution in [1.29, 1.82) is 0 Å². The molecule has 0 aromatic heterocycles. The van der Waals surface area contributed by atoms with Crippen molar-refractivity contribution >= 4 is 22.0 Å². The van der Waals surface area contributed by atoms with Crippen LogP contribution in [0.4, 0.5) is 0 Å². The van der Waals surface area contributed by atoms with Crippen LogP contribution in [0.3, 0.4) is 0 Å². The van der Waals surface area contributed by atoms with Crippen LogP contribution in [0, 0.1) is 0 Å². The monoisotopic (exact) mass is 289 g/mol. The van der Waals surface area contributed by atoms with Gasteiger partial charge >= 0.3 is 11.9 Å². The minimum atomic E-state index is -4.07. The molecule has 0 aliphatic carbocycles. The molecule has 0 atom stereocenters. The maximum atomic E-state index is 11.7. The van der Waals surface area contributed by atoms with E-state index < -0.39 is 44.6 Å². The molecule has 0 heterocycles. The molecule has 0 radical (unpaired) electrons. The molecule has 1 aromatic carbocycles. The van der Waals surface area contributed by atoms with E-state index in [-0.39, 0.29) is 6.54 Å². The first-order valence-electron chi connectivity index (χ1n) is 5.00. The van der Waals surface area contributed by atoms with Gasteiger partial charge in [-0.2, -0.15) is 0 Å². The topological polar surface area (TPSA) is 141 Å². The van der Waals surface area contributed by atoms with Gasteiger partial charge < -0.3 is 15.3 Å². The van der Waals surface area contributed by atoms with Crippen LogP contribution in [0.2, 0.25) is 0 Å². The number of nitrogens with one attached hydrogen (secondary N) is 1. The molecule has 0 bridgehead atoms. The molecule has 0 amide bonds. The van der Waals surface area contributed by atoms with Crippen LogP contribution in [0.1, 0.15) is 20.7 Å². The summed E-state index contributed by atoms with van der Waals surface area (Å²) in [6.07, 6.45) is 0. The fraction of sp³-hybridized carbons (Fsp3) is 0.200. The lowest BCUT2D eigenvalue weighted by atomic mass is 10.1. The van der Waals surface area contributed by atoms with Crippen LogP contribution in [0.25, 0.3) is 0 Å². The van der Waals surface area contributed by atoms with E-state index in [9.17, 15) is 18.0 Å². The van der Waals surface area contributed by atoms with Gasteiger partial charge in [0.1, 0.15) is 0 Å². The molecular weight excluding hydrogens is 278 g/mol. The lowest BCUT2D eigenvalue weighted by Crippen LogP contribution is -2.27. The normalized spacial score (nSPS) is 11.2. The molecule has 1 rings (SSSR count). The van der Waals surface area contributed by atoms with Crippen molar-refractivity contribution in [1.82, 2.24) is 4.72 Å². The third-order valence-electron chi connectivity index (χ3n) is 2.11. The molecule has 0 unspecified atom stereocenters. The summed E-state index contributed by atoms with van der Waals surface area (Å²) in [6, 6.07) is 2.54. The zero-order valence-corrected chi connectivity index (χ0v) is 10.3. The van der Waals surface area contributed by atoms with Gasteiger partial charge in [-0.1, -0.05) is 0 Å². The number of benzene rings is 1. The minimum Gasteiger partial charge on any atom is -0.478 e. The smallest absolute Gasteiger partial charge is 0.335 e. The molecule has 1 aromatic rings. The Balaban J connectivity index is 3.35. The lowest BCUT2D eigenvalue weighted by molar-refractivity contribution is 0.0696. The number of aliphatic hydroxyl groups excluding tert-OH is 1. The standard InChI is InChI=1S/C10H11NO7S/c12-2-1-11-19(17,18)8-4-6(9(13)14)3-7(5-8)10(15)16/h3-5,11-12H,1-2H2,(H,13,14)(H,15,16). The second kappa shape index (κ2) is 5.78. The molecule has 4 N–H and O–H groups in total. The molecule has 8 nitrogen and oxygen atoms in total. The van der Waals surface area contributed by atoms with Crippen LogP contribution in [-0.4, -0.2) is 48.8 Å². The number of rotatable bonds is 6. The Morgan fingerprint density at radius 1 is 1.05 bits per heavy atom. The van der Waals surface area contributed by atoms with Gasteiger partial charge in [0.2, 0.25) is 10.0 Å². The van der Waals surface area contributed by atoms with Crippen LogP contribution in [0.15, 0.2) is 23.1 Å². The third-order valence-corrected chi connectivity index (χ3v) is 3.56. The van der Waals surface area contributed by atoms with Crippen molar-refractivity contribution < 1.29 is 33.3 Å². The first-order chi connectivity index (χ1) is 8.77. The van der Waals surface area contributed by atoms with Crippen LogP contribution in [0.5, 0.6) is 0 Å². The zero-order chi connectivity index (χ0) is 14.6. The van der Waals surface area contributed by atoms with Gasteiger partial charge in [-0.15, -0.1) is 0 Å². The molecule has 0 spiro atoms. The van der Waals surface area contributed by atoms with Crippen molar-refractivity contribution in [3.05, 3.63) is 29.3 Å². The minimum absolute atomic E-state index is 0.262. The Morgan fingerprint density at radius 2 is 1.53 bits per heavy atom. The summed E-state index contributed by atoms with van der Waals surface area (Å²) < 4.78 is 25.5. The second-order valence-electron chi connectivity index (χ2n) is 3.48. The first kappa shape index (κ1) is 15.1. The first-order valence-corrected chi connectivity index (χ1v) is 6.48. The fourth-order valence-corrected chi connectivity index (χ4v) is 2.36. The van der Waals surface area contributed by atoms with E-state index in [0.717, 1.165) is 18.2 Å². The highest BCUT2D eigenvalue weighted by molar-refractivity contribution is 7.89. The number of sulfonamides is 1. The maximum Gasteiger partial charge on any atom is 0.335 e. The van der Waals surface area contributed by atoms with Crippen molar-refractivity contribution in [2.75, 3.05) is 13.2 Å². The van der Waals surface area contributed by atoms with E-state index in [0.29, 0.717) is 0 Å². The molecule has 0 saturated heterocycles. The van der Waals surface area contributed by atoms with Crippen molar-refractivity contribution in [3.63, 3.8) is 0 Å². The molecule has 104 valence electrons. The number of hydrogen-bond donors (Lipinski definition) is 4. The predicted octanol–water partition coefficient (Wildman–Crippen LogP) is -0.646. The molecule has 0 aliphatic rings. The van der Waals surface area contributed by atoms with Gasteiger partial charge in [0, 0.05) is 6.54 Å². The summed E-state index contributed by atoms with van der Waals surface area (Å²) in [7, 11) is -4.07. The van der Waals surface area contributed by atoms with E-state index in [1.54, 1.807) is 0 Å². The highest BCUT2D eigenvalue weighted by atomic mass is 32.2. The largest absolute Gasteiger partial charge is 0.478 e. The SMILES string of the molecule is O=C(O)c1cc(C(=O)O)cc(S(=O)(=O)NCCO)c1. The van der Waals surface area contributed by atoms with Gasteiger partial charge in [-0.05, 0) is 18.2 Å². The highest BCUT2D eigenvalue weighted by Gasteiger charge is 2.19. The molecular formula is C10H11NO7S. The summed E-state index contributed by atoms with van der Waals surface area (Å²) in [5, 5.41) is 26.2. The summed E-state index contributed by atoms with van der Waals surface area (Å²) in [5.41, 5.74) is -0.909. The summed E-state index contributed by atoms with van der Waals surface area (Å²) in [6.45, 7) is -0.703. The lowest BCUT2D eigenvalue weighted by Gasteiger charge is -2.07. The van der Waals surface area contributed by atoms with E-state index in [1.807, 2.05) is 4.72 Å². The van der Waals surface area contributed by atoms with E-state index in [4.69, 9.17) is 15.3 Å². The van der Waals surface area contributed by atoms with Crippen LogP contribution < -0.4 is 4.72 Å². The molecule has 19 heavy (non-hydrogen) atoms. The van der Waals surface area contributed by atoms with E-state index >= 15 is 0 Å². The Labute approximate surface area is 108 Å². The van der Waals surface area contributed by atoms with Gasteiger partial charge in [0.15, 0.2) is 0 Å². The van der Waals surface area contributed by atoms with E-state index in [2.05, 4.69) is 0 Å². The number of hydrogen-bond acceptors (Lipinski definition) is 5. The molecule has 0 fully saturated rings. The quantitative estimate of drug-likeness (QED) is 0.545. The number of aromatic carboxylic acids is 2. The van der Waals surface area contributed by atoms with Crippen LogP contribution >= 0.6 is 0 Å². The Morgan fingerprint density at radius 3 is 1.89 bits per heavy atom. The average Bonchev–Trinajstić information content (AvgIpc) is 2.35. The number of carboxylic acids is 2. The highest BCUT2D eigenvalue weighted by Crippen LogP contribution is 2.15. The Hall–Kier alpha value is -1.97. The summed E-state index contributed by atoms with van der Waals surface area (Å²) in [4.78, 5) is 21.2. The molecule has 9 heteroatoms. The zero-order valence-electron chi connectivity index (χ0n) is 9.53. The maximum absolute atomic E-state index is 11.7. The van der Waals surface area contributed by atoms with Gasteiger partial charge in [-0.3, -0.25) is 0 Å². The molecule has 0 aliphatic heterocycles. The summed E-state index contributed by atoms with van der Waals surface area (Å²) >= 11 is 0. The molecule has 0 saturated carbocycles. The Bertz CT molecular complexity index is 576. The average molecular weight is 289 g/mol. The number of aliphatic hydroxyl groups is 1. The number of carboxylic acid groups (broad SMARTS) is 2. The Kier molecular flexibility index (Phi) is 4.59. The summed E-state index contributed by atoms with van der Waals surface area (Å²) in [5.74, 6) is -2.89. The third kappa shape index (κ3) is 3.74. The van der Waals surface area contributed by atoms with Crippen molar-refractivity contribution in [2.24, 2.45) is 0 Å². The van der Waals surface area contributed by atoms with Crippen molar-refractivity contribution in [3.8, 4) is 0 Å². The van der Waals surface area contributed by atoms with Crippen molar-refractivity contribution in [2.45, 2.75) is 4.90 Å². The van der Waals surface area contributed by atoms with Gasteiger partial charge in [-0.25, -0.2) is 22.7 Å². The number of carbonyl (C=O) groups is 2. The predicted molar refractivity (Wildman–Crippen MR) is 62.6 cm³/mol. The van der Waals surface area contributed by atoms with Crippen LogP contribution in [-0.2, 0) is 10.0 Å². The van der Waals surface area contributed by atoms with Gasteiger partial charge in [0.05, 0.1) is 22.6 Å². The van der Waals surface area contributed by atoms with Gasteiger partial charge in [0.25, 0.3) is 0 Å². The fourth-order valence-electron chi connectivity index (χ4n) is 1.26.